The summed E-state index contributed by atoms with van der Waals surface area (Å²) in [4.78, 5) is 20.9. The van der Waals surface area contributed by atoms with Crippen LogP contribution in [0, 0.1) is 6.92 Å². The molecule has 0 saturated carbocycles. The Morgan fingerprint density at radius 3 is 2.70 bits per heavy atom. The predicted molar refractivity (Wildman–Crippen MR) is 114 cm³/mol. The average molecular weight is 423 g/mol. The van der Waals surface area contributed by atoms with Gasteiger partial charge in [0.15, 0.2) is 5.76 Å². The lowest BCUT2D eigenvalue weighted by atomic mass is 10.1. The Bertz CT molecular complexity index is 1130. The van der Waals surface area contributed by atoms with Crippen molar-refractivity contribution >= 4 is 17.2 Å². The minimum atomic E-state index is -0.107. The van der Waals surface area contributed by atoms with Gasteiger partial charge in [0, 0.05) is 23.8 Å². The third-order valence-electron chi connectivity index (χ3n) is 4.65. The zero-order chi connectivity index (χ0) is 20.9. The number of carbonyl (C=O) groups is 1. The minimum absolute atomic E-state index is 0.107. The number of aryl methyl sites for hydroxylation is 3. The zero-order valence-corrected chi connectivity index (χ0v) is 17.7. The molecule has 7 nitrogen and oxygen atoms in total. The van der Waals surface area contributed by atoms with E-state index in [-0.39, 0.29) is 12.3 Å². The molecule has 154 valence electrons. The van der Waals surface area contributed by atoms with Crippen LogP contribution in [0.2, 0.25) is 0 Å². The van der Waals surface area contributed by atoms with Crippen molar-refractivity contribution in [2.45, 2.75) is 39.7 Å². The van der Waals surface area contributed by atoms with Crippen LogP contribution in [0.1, 0.15) is 35.6 Å². The van der Waals surface area contributed by atoms with Crippen molar-refractivity contribution < 1.29 is 13.7 Å². The van der Waals surface area contributed by atoms with Crippen LogP contribution >= 0.6 is 11.3 Å². The van der Waals surface area contributed by atoms with E-state index >= 15 is 0 Å². The van der Waals surface area contributed by atoms with Gasteiger partial charge in [0.1, 0.15) is 11.5 Å². The Balaban J connectivity index is 1.26. The van der Waals surface area contributed by atoms with Crippen LogP contribution in [0.3, 0.4) is 0 Å². The number of benzene rings is 1. The second-order valence-corrected chi connectivity index (χ2v) is 7.92. The number of rotatable bonds is 8. The molecule has 0 fully saturated rings. The first-order valence-electron chi connectivity index (χ1n) is 9.80. The number of furan rings is 1. The van der Waals surface area contributed by atoms with Crippen molar-refractivity contribution in [2.75, 3.05) is 0 Å². The van der Waals surface area contributed by atoms with Gasteiger partial charge in [-0.2, -0.15) is 4.98 Å². The topological polar surface area (TPSA) is 94.1 Å². The standard InChI is InChI=1S/C22H22N4O3S/c1-3-15-4-6-16(7-5-15)22-25-21(29-26-22)11-10-20(27)23-12-17-8-9-19(28-17)18-13-30-14(2)24-18/h4-9,13H,3,10-12H2,1-2H3,(H,23,27). The van der Waals surface area contributed by atoms with Crippen molar-refractivity contribution in [3.8, 4) is 22.8 Å². The molecule has 30 heavy (non-hydrogen) atoms. The number of hydrogen-bond donors (Lipinski definition) is 1. The van der Waals surface area contributed by atoms with Gasteiger partial charge in [0.25, 0.3) is 0 Å². The maximum Gasteiger partial charge on any atom is 0.227 e. The Labute approximate surface area is 178 Å². The first kappa shape index (κ1) is 20.0. The maximum absolute atomic E-state index is 12.2. The summed E-state index contributed by atoms with van der Waals surface area (Å²) in [6.45, 7) is 4.38. The lowest BCUT2D eigenvalue weighted by Gasteiger charge is -2.01. The summed E-state index contributed by atoms with van der Waals surface area (Å²) in [6, 6.07) is 11.8. The third kappa shape index (κ3) is 4.83. The van der Waals surface area contributed by atoms with Gasteiger partial charge in [0.2, 0.25) is 17.6 Å². The lowest BCUT2D eigenvalue weighted by molar-refractivity contribution is -0.121. The summed E-state index contributed by atoms with van der Waals surface area (Å²) in [5.41, 5.74) is 2.96. The van der Waals surface area contributed by atoms with Crippen molar-refractivity contribution in [1.29, 1.82) is 0 Å². The summed E-state index contributed by atoms with van der Waals surface area (Å²) < 4.78 is 11.0. The van der Waals surface area contributed by atoms with Crippen molar-refractivity contribution in [2.24, 2.45) is 0 Å². The molecule has 0 aliphatic rings. The zero-order valence-electron chi connectivity index (χ0n) is 16.8. The molecule has 1 amide bonds. The molecule has 0 aliphatic carbocycles. The molecule has 4 aromatic rings. The quantitative estimate of drug-likeness (QED) is 0.447. The van der Waals surface area contributed by atoms with Crippen LogP contribution in [-0.2, 0) is 24.2 Å². The van der Waals surface area contributed by atoms with Gasteiger partial charge < -0.3 is 14.3 Å². The SMILES string of the molecule is CCc1ccc(-c2noc(CCC(=O)NCc3ccc(-c4csc(C)n4)o3)n2)cc1. The van der Waals surface area contributed by atoms with Gasteiger partial charge >= 0.3 is 0 Å². The molecule has 0 bridgehead atoms. The number of nitrogens with one attached hydrogen (secondary N) is 1. The highest BCUT2D eigenvalue weighted by Gasteiger charge is 2.12. The molecule has 3 aromatic heterocycles. The van der Waals surface area contributed by atoms with E-state index in [4.69, 9.17) is 8.94 Å². The predicted octanol–water partition coefficient (Wildman–Crippen LogP) is 4.57. The fraction of sp³-hybridized carbons (Fsp3) is 0.273. The maximum atomic E-state index is 12.2. The van der Waals surface area contributed by atoms with Crippen LogP contribution in [0.15, 0.2) is 50.7 Å². The van der Waals surface area contributed by atoms with E-state index in [0.29, 0.717) is 36.2 Å². The van der Waals surface area contributed by atoms with E-state index in [1.165, 1.54) is 5.56 Å². The van der Waals surface area contributed by atoms with Crippen LogP contribution in [0.5, 0.6) is 0 Å². The van der Waals surface area contributed by atoms with Crippen LogP contribution < -0.4 is 5.32 Å². The smallest absolute Gasteiger partial charge is 0.227 e. The highest BCUT2D eigenvalue weighted by Crippen LogP contribution is 2.23. The monoisotopic (exact) mass is 422 g/mol. The van der Waals surface area contributed by atoms with Gasteiger partial charge in [-0.15, -0.1) is 11.3 Å². The number of thiazole rings is 1. The van der Waals surface area contributed by atoms with Crippen molar-refractivity contribution in [1.82, 2.24) is 20.4 Å². The molecule has 3 heterocycles. The first-order valence-corrected chi connectivity index (χ1v) is 10.7. The van der Waals surface area contributed by atoms with Crippen LogP contribution in [-0.4, -0.2) is 21.0 Å². The molecule has 4 rings (SSSR count). The number of nitrogens with zero attached hydrogens (tertiary/aromatic N) is 3. The summed E-state index contributed by atoms with van der Waals surface area (Å²) in [5, 5.41) is 9.80. The molecule has 0 aliphatic heterocycles. The number of amides is 1. The summed E-state index contributed by atoms with van der Waals surface area (Å²) in [6.07, 6.45) is 1.62. The fourth-order valence-corrected chi connectivity index (χ4v) is 3.55. The number of aromatic nitrogens is 3. The third-order valence-corrected chi connectivity index (χ3v) is 5.42. The summed E-state index contributed by atoms with van der Waals surface area (Å²) in [5.74, 6) is 2.26. The molecule has 0 saturated heterocycles. The summed E-state index contributed by atoms with van der Waals surface area (Å²) >= 11 is 1.57. The first-order chi connectivity index (χ1) is 14.6. The molecule has 0 radical (unpaired) electrons. The van der Waals surface area contributed by atoms with E-state index < -0.39 is 0 Å². The fourth-order valence-electron chi connectivity index (χ4n) is 2.94. The van der Waals surface area contributed by atoms with Gasteiger partial charge in [-0.1, -0.05) is 36.3 Å². The number of carbonyl (C=O) groups excluding carboxylic acids is 1. The Hall–Kier alpha value is -3.26. The Kier molecular flexibility index (Phi) is 6.04. The van der Waals surface area contributed by atoms with Gasteiger partial charge in [0.05, 0.1) is 11.6 Å². The number of hydrogen-bond acceptors (Lipinski definition) is 7. The molecule has 1 aromatic carbocycles. The molecule has 0 atom stereocenters. The molecule has 1 N–H and O–H groups in total. The molecule has 8 heteroatoms. The Morgan fingerprint density at radius 1 is 1.13 bits per heavy atom. The van der Waals surface area contributed by atoms with Gasteiger partial charge in [-0.3, -0.25) is 4.79 Å². The Morgan fingerprint density at radius 2 is 1.97 bits per heavy atom. The van der Waals surface area contributed by atoms with E-state index in [0.717, 1.165) is 22.7 Å². The van der Waals surface area contributed by atoms with E-state index in [1.54, 1.807) is 11.3 Å². The highest BCUT2D eigenvalue weighted by atomic mass is 32.1. The minimum Gasteiger partial charge on any atom is -0.458 e. The van der Waals surface area contributed by atoms with Crippen molar-refractivity contribution in [3.63, 3.8) is 0 Å². The summed E-state index contributed by atoms with van der Waals surface area (Å²) in [7, 11) is 0. The van der Waals surface area contributed by atoms with E-state index in [2.05, 4.69) is 39.5 Å². The van der Waals surface area contributed by atoms with Crippen LogP contribution in [0.4, 0.5) is 0 Å². The second kappa shape index (κ2) is 9.04. The van der Waals surface area contributed by atoms with Crippen LogP contribution in [0.25, 0.3) is 22.8 Å². The lowest BCUT2D eigenvalue weighted by Crippen LogP contribution is -2.22. The van der Waals surface area contributed by atoms with Crippen molar-refractivity contribution in [3.05, 3.63) is 64.0 Å². The second-order valence-electron chi connectivity index (χ2n) is 6.86. The molecular weight excluding hydrogens is 400 g/mol. The normalized spacial score (nSPS) is 11.0. The highest BCUT2D eigenvalue weighted by molar-refractivity contribution is 7.09. The average Bonchev–Trinajstić information content (AvgIpc) is 3.51. The van der Waals surface area contributed by atoms with E-state index in [9.17, 15) is 4.79 Å². The molecular formula is C22H22N4O3S. The molecule has 0 spiro atoms. The van der Waals surface area contributed by atoms with Gasteiger partial charge in [-0.25, -0.2) is 4.98 Å². The molecule has 0 unspecified atom stereocenters. The van der Waals surface area contributed by atoms with E-state index in [1.807, 2.05) is 36.6 Å². The van der Waals surface area contributed by atoms with Gasteiger partial charge in [-0.05, 0) is 31.0 Å². The largest absolute Gasteiger partial charge is 0.458 e.